The summed E-state index contributed by atoms with van der Waals surface area (Å²) in [4.78, 5) is 12.3. The molecule has 0 radical (unpaired) electrons. The maximum atomic E-state index is 13.9. The van der Waals surface area contributed by atoms with Crippen molar-refractivity contribution in [3.63, 3.8) is 0 Å². The van der Waals surface area contributed by atoms with Crippen LogP contribution in [0.4, 0.5) is 33.2 Å². The molecular formula is C15H12BrFN6. The van der Waals surface area contributed by atoms with Crippen LogP contribution in [0, 0.1) is 5.82 Å². The van der Waals surface area contributed by atoms with Gasteiger partial charge in [-0.2, -0.15) is 0 Å². The third-order valence-corrected chi connectivity index (χ3v) is 3.47. The van der Waals surface area contributed by atoms with Gasteiger partial charge in [0.2, 0.25) is 0 Å². The lowest BCUT2D eigenvalue weighted by Gasteiger charge is -2.12. The van der Waals surface area contributed by atoms with Crippen LogP contribution in [0.15, 0.2) is 53.4 Å². The number of hydrogen-bond donors (Lipinski definition) is 3. The standard InChI is InChI=1S/C15H12BrFN6/c16-9-4-5-11(10(17)7-9)22-14-13(18)15(21-8-20-14)23-12-3-1-2-6-19-12/h1-8H,18H2,(H2,19,20,21,22,23). The van der Waals surface area contributed by atoms with Gasteiger partial charge in [-0.25, -0.2) is 19.3 Å². The van der Waals surface area contributed by atoms with Crippen LogP contribution in [-0.2, 0) is 0 Å². The number of hydrogen-bond acceptors (Lipinski definition) is 6. The normalized spacial score (nSPS) is 10.3. The Morgan fingerprint density at radius 3 is 2.48 bits per heavy atom. The fraction of sp³-hybridized carbons (Fsp3) is 0. The van der Waals surface area contributed by atoms with Gasteiger partial charge in [-0.05, 0) is 30.3 Å². The van der Waals surface area contributed by atoms with Gasteiger partial charge < -0.3 is 16.4 Å². The Bertz CT molecular complexity index is 827. The summed E-state index contributed by atoms with van der Waals surface area (Å²) in [6, 6.07) is 10.1. The number of anilines is 5. The van der Waals surface area contributed by atoms with Crippen LogP contribution in [0.5, 0.6) is 0 Å². The lowest BCUT2D eigenvalue weighted by Crippen LogP contribution is -2.06. The minimum atomic E-state index is -0.420. The first kappa shape index (κ1) is 15.2. The molecule has 3 aromatic rings. The van der Waals surface area contributed by atoms with E-state index < -0.39 is 5.82 Å². The number of pyridine rings is 1. The topological polar surface area (TPSA) is 88.8 Å². The molecule has 0 aliphatic rings. The van der Waals surface area contributed by atoms with Gasteiger partial charge in [-0.15, -0.1) is 0 Å². The molecule has 0 spiro atoms. The Kier molecular flexibility index (Phi) is 4.33. The average molecular weight is 375 g/mol. The molecular weight excluding hydrogens is 363 g/mol. The molecule has 2 aromatic heterocycles. The molecule has 4 N–H and O–H groups in total. The highest BCUT2D eigenvalue weighted by Crippen LogP contribution is 2.29. The predicted octanol–water partition coefficient (Wildman–Crippen LogP) is 3.84. The maximum Gasteiger partial charge on any atom is 0.160 e. The van der Waals surface area contributed by atoms with Crippen molar-refractivity contribution in [3.05, 3.63) is 59.2 Å². The van der Waals surface area contributed by atoms with Gasteiger partial charge in [0.1, 0.15) is 23.6 Å². The van der Waals surface area contributed by atoms with Crippen LogP contribution in [0.3, 0.4) is 0 Å². The van der Waals surface area contributed by atoms with Crippen LogP contribution in [-0.4, -0.2) is 15.0 Å². The summed E-state index contributed by atoms with van der Waals surface area (Å²) in [5.74, 6) is 0.869. The van der Waals surface area contributed by atoms with E-state index in [1.807, 2.05) is 6.07 Å². The first-order valence-corrected chi connectivity index (χ1v) is 7.43. The highest BCUT2D eigenvalue weighted by Gasteiger charge is 2.11. The van der Waals surface area contributed by atoms with Crippen molar-refractivity contribution >= 4 is 44.8 Å². The summed E-state index contributed by atoms with van der Waals surface area (Å²) in [6.45, 7) is 0. The van der Waals surface area contributed by atoms with Crippen molar-refractivity contribution in [2.45, 2.75) is 0 Å². The second-order valence-corrected chi connectivity index (χ2v) is 5.49. The molecule has 8 heteroatoms. The van der Waals surface area contributed by atoms with Crippen molar-refractivity contribution in [2.24, 2.45) is 0 Å². The van der Waals surface area contributed by atoms with Crippen molar-refractivity contribution in [3.8, 4) is 0 Å². The van der Waals surface area contributed by atoms with Crippen LogP contribution < -0.4 is 16.4 Å². The molecule has 0 aliphatic heterocycles. The Morgan fingerprint density at radius 1 is 1.00 bits per heavy atom. The van der Waals surface area contributed by atoms with E-state index in [4.69, 9.17) is 5.73 Å². The molecule has 2 heterocycles. The third-order valence-electron chi connectivity index (χ3n) is 2.98. The first-order valence-electron chi connectivity index (χ1n) is 6.64. The van der Waals surface area contributed by atoms with Crippen molar-refractivity contribution < 1.29 is 4.39 Å². The second-order valence-electron chi connectivity index (χ2n) is 4.57. The van der Waals surface area contributed by atoms with E-state index in [9.17, 15) is 4.39 Å². The minimum Gasteiger partial charge on any atom is -0.393 e. The lowest BCUT2D eigenvalue weighted by atomic mass is 10.3. The molecule has 0 saturated carbocycles. The zero-order valence-electron chi connectivity index (χ0n) is 11.8. The van der Waals surface area contributed by atoms with Crippen molar-refractivity contribution in [1.82, 2.24) is 15.0 Å². The van der Waals surface area contributed by atoms with Gasteiger partial charge >= 0.3 is 0 Å². The monoisotopic (exact) mass is 374 g/mol. The van der Waals surface area contributed by atoms with Crippen LogP contribution in [0.25, 0.3) is 0 Å². The molecule has 0 bridgehead atoms. The number of benzene rings is 1. The number of nitrogen functional groups attached to an aromatic ring is 1. The first-order chi connectivity index (χ1) is 11.1. The molecule has 0 saturated heterocycles. The molecule has 1 aromatic carbocycles. The van der Waals surface area contributed by atoms with E-state index in [0.29, 0.717) is 21.9 Å². The third kappa shape index (κ3) is 3.54. The summed E-state index contributed by atoms with van der Waals surface area (Å²) < 4.78 is 14.6. The van der Waals surface area contributed by atoms with Crippen molar-refractivity contribution in [2.75, 3.05) is 16.4 Å². The molecule has 0 atom stereocenters. The van der Waals surface area contributed by atoms with Gasteiger partial charge in [0, 0.05) is 10.7 Å². The highest BCUT2D eigenvalue weighted by atomic mass is 79.9. The molecule has 0 aliphatic carbocycles. The van der Waals surface area contributed by atoms with E-state index in [1.165, 1.54) is 12.4 Å². The van der Waals surface area contributed by atoms with Crippen LogP contribution in [0.2, 0.25) is 0 Å². The average Bonchev–Trinajstić information content (AvgIpc) is 2.54. The highest BCUT2D eigenvalue weighted by molar-refractivity contribution is 9.10. The van der Waals surface area contributed by atoms with Gasteiger partial charge in [-0.3, -0.25) is 0 Å². The van der Waals surface area contributed by atoms with E-state index >= 15 is 0 Å². The zero-order valence-corrected chi connectivity index (χ0v) is 13.4. The second kappa shape index (κ2) is 6.57. The van der Waals surface area contributed by atoms with E-state index in [0.717, 1.165) is 0 Å². The number of halogens is 2. The molecule has 3 rings (SSSR count). The zero-order chi connectivity index (χ0) is 16.2. The van der Waals surface area contributed by atoms with Gasteiger partial charge in [-0.1, -0.05) is 22.0 Å². The Morgan fingerprint density at radius 2 is 1.78 bits per heavy atom. The quantitative estimate of drug-likeness (QED) is 0.642. The lowest BCUT2D eigenvalue weighted by molar-refractivity contribution is 0.631. The Balaban J connectivity index is 1.87. The predicted molar refractivity (Wildman–Crippen MR) is 91.3 cm³/mol. The molecule has 116 valence electrons. The number of nitrogens with zero attached hydrogens (tertiary/aromatic N) is 3. The van der Waals surface area contributed by atoms with E-state index in [1.54, 1.807) is 30.5 Å². The largest absolute Gasteiger partial charge is 0.393 e. The van der Waals surface area contributed by atoms with Crippen LogP contribution in [0.1, 0.15) is 0 Å². The fourth-order valence-corrected chi connectivity index (χ4v) is 2.20. The van der Waals surface area contributed by atoms with E-state index in [-0.39, 0.29) is 11.4 Å². The summed E-state index contributed by atoms with van der Waals surface area (Å²) >= 11 is 3.21. The summed E-state index contributed by atoms with van der Waals surface area (Å²) in [5.41, 5.74) is 6.58. The Hall–Kier alpha value is -2.74. The number of nitrogens with one attached hydrogen (secondary N) is 2. The molecule has 0 unspecified atom stereocenters. The SMILES string of the molecule is Nc1c(Nc2ccccn2)ncnc1Nc1ccc(Br)cc1F. The van der Waals surface area contributed by atoms with Crippen LogP contribution >= 0.6 is 15.9 Å². The number of rotatable bonds is 4. The van der Waals surface area contributed by atoms with Gasteiger partial charge in [0.15, 0.2) is 11.6 Å². The number of nitrogens with two attached hydrogens (primary N) is 1. The molecule has 0 fully saturated rings. The van der Waals surface area contributed by atoms with E-state index in [2.05, 4.69) is 41.5 Å². The molecule has 0 amide bonds. The summed E-state index contributed by atoms with van der Waals surface area (Å²) in [5, 5.41) is 5.86. The minimum absolute atomic E-state index is 0.264. The molecule has 6 nitrogen and oxygen atoms in total. The van der Waals surface area contributed by atoms with Gasteiger partial charge in [0.05, 0.1) is 5.69 Å². The summed E-state index contributed by atoms with van der Waals surface area (Å²) in [6.07, 6.45) is 2.98. The summed E-state index contributed by atoms with van der Waals surface area (Å²) in [7, 11) is 0. The molecule has 23 heavy (non-hydrogen) atoms. The smallest absolute Gasteiger partial charge is 0.160 e. The number of aromatic nitrogens is 3. The van der Waals surface area contributed by atoms with Crippen molar-refractivity contribution in [1.29, 1.82) is 0 Å². The van der Waals surface area contributed by atoms with Gasteiger partial charge in [0.25, 0.3) is 0 Å². The fourth-order valence-electron chi connectivity index (χ4n) is 1.87. The maximum absolute atomic E-state index is 13.9. The Labute approximate surface area is 140 Å².